The van der Waals surface area contributed by atoms with Gasteiger partial charge in [-0.3, -0.25) is 0 Å². The first-order valence-electron chi connectivity index (χ1n) is 7.45. The van der Waals surface area contributed by atoms with E-state index in [1.54, 1.807) is 11.3 Å². The Morgan fingerprint density at radius 1 is 1.24 bits per heavy atom. The van der Waals surface area contributed by atoms with E-state index in [1.165, 1.54) is 0 Å². The third-order valence-corrected chi connectivity index (χ3v) is 4.50. The highest BCUT2D eigenvalue weighted by Gasteiger charge is 2.12. The lowest BCUT2D eigenvalue weighted by Crippen LogP contribution is -2.19. The molecule has 2 rings (SSSR count). The zero-order valence-electron chi connectivity index (χ0n) is 13.0. The molecular formula is C17H24N2OS. The van der Waals surface area contributed by atoms with Gasteiger partial charge in [0.2, 0.25) is 0 Å². The number of anilines is 1. The van der Waals surface area contributed by atoms with Crippen LogP contribution in [0.15, 0.2) is 35.7 Å². The molecule has 2 aromatic rings. The van der Waals surface area contributed by atoms with Crippen LogP contribution in [-0.4, -0.2) is 23.7 Å². The maximum atomic E-state index is 10.2. The fraction of sp³-hybridized carbons (Fsp3) is 0.471. The van der Waals surface area contributed by atoms with E-state index in [0.717, 1.165) is 29.4 Å². The van der Waals surface area contributed by atoms with Gasteiger partial charge in [0.25, 0.3) is 0 Å². The van der Waals surface area contributed by atoms with Crippen molar-refractivity contribution in [2.45, 2.75) is 32.8 Å². The molecule has 0 fully saturated rings. The van der Waals surface area contributed by atoms with Crippen molar-refractivity contribution in [3.05, 3.63) is 47.0 Å². The fourth-order valence-electron chi connectivity index (χ4n) is 2.10. The second-order valence-electron chi connectivity index (χ2n) is 5.86. The van der Waals surface area contributed by atoms with E-state index in [-0.39, 0.29) is 0 Å². The number of aliphatic hydroxyl groups is 1. The Balaban J connectivity index is 1.94. The number of thiazole rings is 1. The molecule has 114 valence electrons. The lowest BCUT2D eigenvalue weighted by molar-refractivity contribution is 0.177. The van der Waals surface area contributed by atoms with Crippen LogP contribution < -0.4 is 4.90 Å². The lowest BCUT2D eigenvalue weighted by atomic mass is 10.1. The van der Waals surface area contributed by atoms with E-state index < -0.39 is 6.10 Å². The normalized spacial score (nSPS) is 12.6. The Labute approximate surface area is 131 Å². The van der Waals surface area contributed by atoms with E-state index in [0.29, 0.717) is 12.3 Å². The van der Waals surface area contributed by atoms with Gasteiger partial charge in [-0.05, 0) is 17.9 Å². The number of aromatic nitrogens is 1. The van der Waals surface area contributed by atoms with E-state index in [4.69, 9.17) is 0 Å². The Kier molecular flexibility index (Phi) is 5.76. The molecule has 0 saturated carbocycles. The van der Waals surface area contributed by atoms with Gasteiger partial charge in [0.1, 0.15) is 0 Å². The first-order valence-corrected chi connectivity index (χ1v) is 8.32. The van der Waals surface area contributed by atoms with Gasteiger partial charge in [0.05, 0.1) is 11.8 Å². The molecule has 1 aromatic carbocycles. The summed E-state index contributed by atoms with van der Waals surface area (Å²) in [5, 5.41) is 13.3. The van der Waals surface area contributed by atoms with Gasteiger partial charge in [-0.2, -0.15) is 0 Å². The average molecular weight is 304 g/mol. The summed E-state index contributed by atoms with van der Waals surface area (Å²) in [5.41, 5.74) is 1.91. The molecule has 1 unspecified atom stereocenters. The molecule has 0 radical (unpaired) electrons. The molecule has 0 amide bonds. The summed E-state index contributed by atoms with van der Waals surface area (Å²) in [7, 11) is 2.08. The van der Waals surface area contributed by atoms with Gasteiger partial charge in [-0.1, -0.05) is 44.2 Å². The summed E-state index contributed by atoms with van der Waals surface area (Å²) in [4.78, 5) is 6.84. The number of benzene rings is 1. The summed E-state index contributed by atoms with van der Waals surface area (Å²) in [6, 6.07) is 9.76. The monoisotopic (exact) mass is 304 g/mol. The molecule has 3 nitrogen and oxygen atoms in total. The van der Waals surface area contributed by atoms with Crippen LogP contribution in [0, 0.1) is 5.92 Å². The van der Waals surface area contributed by atoms with Crippen molar-refractivity contribution < 1.29 is 5.11 Å². The Morgan fingerprint density at radius 3 is 2.62 bits per heavy atom. The molecule has 0 aliphatic heterocycles. The molecule has 0 aliphatic rings. The highest BCUT2D eigenvalue weighted by molar-refractivity contribution is 7.13. The molecule has 1 N–H and O–H groups in total. The highest BCUT2D eigenvalue weighted by atomic mass is 32.1. The standard InChI is InChI=1S/C17H24N2OS/c1-13(2)9-10-19(3)17-18-15(12-21-17)11-16(20)14-7-5-4-6-8-14/h4-8,12-13,16,20H,9-11H2,1-3H3. The predicted molar refractivity (Wildman–Crippen MR) is 89.9 cm³/mol. The van der Waals surface area contributed by atoms with Crippen LogP contribution in [0.3, 0.4) is 0 Å². The van der Waals surface area contributed by atoms with Gasteiger partial charge in [-0.25, -0.2) is 4.98 Å². The van der Waals surface area contributed by atoms with Crippen molar-refractivity contribution in [1.29, 1.82) is 0 Å². The largest absolute Gasteiger partial charge is 0.388 e. The van der Waals surface area contributed by atoms with Gasteiger partial charge in [-0.15, -0.1) is 11.3 Å². The van der Waals surface area contributed by atoms with E-state index in [1.807, 2.05) is 35.7 Å². The first-order chi connectivity index (χ1) is 10.1. The van der Waals surface area contributed by atoms with Crippen LogP contribution in [-0.2, 0) is 6.42 Å². The smallest absolute Gasteiger partial charge is 0.185 e. The van der Waals surface area contributed by atoms with Crippen molar-refractivity contribution in [2.24, 2.45) is 5.92 Å². The zero-order chi connectivity index (χ0) is 15.2. The quantitative estimate of drug-likeness (QED) is 0.842. The van der Waals surface area contributed by atoms with E-state index in [9.17, 15) is 5.11 Å². The molecule has 0 aliphatic carbocycles. The molecule has 0 saturated heterocycles. The molecule has 1 heterocycles. The molecule has 0 bridgehead atoms. The topological polar surface area (TPSA) is 36.4 Å². The summed E-state index contributed by atoms with van der Waals surface area (Å²) >= 11 is 1.65. The first kappa shape index (κ1) is 16.0. The summed E-state index contributed by atoms with van der Waals surface area (Å²) in [6.45, 7) is 5.49. The summed E-state index contributed by atoms with van der Waals surface area (Å²) in [6.07, 6.45) is 1.25. The molecule has 4 heteroatoms. The number of aliphatic hydroxyl groups excluding tert-OH is 1. The zero-order valence-corrected chi connectivity index (χ0v) is 13.8. The average Bonchev–Trinajstić information content (AvgIpc) is 2.94. The number of rotatable bonds is 7. The van der Waals surface area contributed by atoms with Crippen molar-refractivity contribution >= 4 is 16.5 Å². The van der Waals surface area contributed by atoms with Gasteiger partial charge < -0.3 is 10.0 Å². The molecule has 0 spiro atoms. The van der Waals surface area contributed by atoms with E-state index in [2.05, 4.69) is 30.8 Å². The van der Waals surface area contributed by atoms with Crippen LogP contribution in [0.4, 0.5) is 5.13 Å². The lowest BCUT2D eigenvalue weighted by Gasteiger charge is -2.16. The van der Waals surface area contributed by atoms with Gasteiger partial charge in [0.15, 0.2) is 5.13 Å². The molecule has 1 atom stereocenters. The van der Waals surface area contributed by atoms with Crippen LogP contribution in [0.5, 0.6) is 0 Å². The van der Waals surface area contributed by atoms with Crippen LogP contribution in [0.1, 0.15) is 37.6 Å². The molecule has 1 aromatic heterocycles. The van der Waals surface area contributed by atoms with Crippen LogP contribution >= 0.6 is 11.3 Å². The SMILES string of the molecule is CC(C)CCN(C)c1nc(CC(O)c2ccccc2)cs1. The highest BCUT2D eigenvalue weighted by Crippen LogP contribution is 2.24. The van der Waals surface area contributed by atoms with Crippen LogP contribution in [0.25, 0.3) is 0 Å². The van der Waals surface area contributed by atoms with E-state index >= 15 is 0 Å². The van der Waals surface area contributed by atoms with Crippen molar-refractivity contribution in [2.75, 3.05) is 18.5 Å². The van der Waals surface area contributed by atoms with Gasteiger partial charge in [0, 0.05) is 25.4 Å². The second kappa shape index (κ2) is 7.57. The Hall–Kier alpha value is -1.39. The third-order valence-electron chi connectivity index (χ3n) is 3.49. The van der Waals surface area contributed by atoms with Crippen molar-refractivity contribution in [3.8, 4) is 0 Å². The van der Waals surface area contributed by atoms with Crippen molar-refractivity contribution in [3.63, 3.8) is 0 Å². The second-order valence-corrected chi connectivity index (χ2v) is 6.69. The predicted octanol–water partition coefficient (Wildman–Crippen LogP) is 3.90. The minimum Gasteiger partial charge on any atom is -0.388 e. The van der Waals surface area contributed by atoms with Gasteiger partial charge >= 0.3 is 0 Å². The summed E-state index contributed by atoms with van der Waals surface area (Å²) in [5.74, 6) is 0.701. The number of hydrogen-bond donors (Lipinski definition) is 1. The fourth-order valence-corrected chi connectivity index (χ4v) is 2.94. The van der Waals surface area contributed by atoms with Crippen molar-refractivity contribution in [1.82, 2.24) is 4.98 Å². The molecular weight excluding hydrogens is 280 g/mol. The minimum absolute atomic E-state index is 0.484. The Morgan fingerprint density at radius 2 is 1.95 bits per heavy atom. The van der Waals surface area contributed by atoms with Crippen LogP contribution in [0.2, 0.25) is 0 Å². The Bertz CT molecular complexity index is 539. The number of nitrogens with zero attached hydrogens (tertiary/aromatic N) is 2. The number of hydrogen-bond acceptors (Lipinski definition) is 4. The molecule has 21 heavy (non-hydrogen) atoms. The third kappa shape index (κ3) is 4.83. The minimum atomic E-state index is -0.484. The summed E-state index contributed by atoms with van der Waals surface area (Å²) < 4.78 is 0. The maximum absolute atomic E-state index is 10.2. The maximum Gasteiger partial charge on any atom is 0.185 e.